The van der Waals surface area contributed by atoms with Gasteiger partial charge >= 0.3 is 0 Å². The van der Waals surface area contributed by atoms with Crippen molar-refractivity contribution in [2.45, 2.75) is 0 Å². The van der Waals surface area contributed by atoms with Crippen LogP contribution in [0, 0.1) is 0 Å². The Morgan fingerprint density at radius 3 is 1.76 bits per heavy atom. The molecule has 0 radical (unpaired) electrons. The molecule has 0 spiro atoms. The highest BCUT2D eigenvalue weighted by Gasteiger charge is 2.20. The molecule has 4 N–H and O–H groups in total. The first-order chi connectivity index (χ1) is 18.5. The highest BCUT2D eigenvalue weighted by atomic mass is 79.9. The Labute approximate surface area is 248 Å². The molecule has 0 aliphatic rings. The monoisotopic (exact) mass is 666 g/mol. The Balaban J connectivity index is 1.67. The molecule has 0 unspecified atom stereocenters. The van der Waals surface area contributed by atoms with Crippen molar-refractivity contribution in [2.24, 2.45) is 0 Å². The van der Waals surface area contributed by atoms with Crippen molar-refractivity contribution >= 4 is 101 Å². The van der Waals surface area contributed by atoms with Crippen LogP contribution in [0.1, 0.15) is 0 Å². The van der Waals surface area contributed by atoms with Crippen LogP contribution in [0.15, 0.2) is 118 Å². The largest absolute Gasteiger partial charge is 0.354 e. The van der Waals surface area contributed by atoms with E-state index in [4.69, 9.17) is 23.2 Å². The summed E-state index contributed by atoms with van der Waals surface area (Å²) >= 11 is 20.9. The van der Waals surface area contributed by atoms with E-state index < -0.39 is 0 Å². The van der Waals surface area contributed by atoms with Crippen molar-refractivity contribution in [2.75, 3.05) is 21.3 Å². The van der Waals surface area contributed by atoms with Gasteiger partial charge in [0.2, 0.25) is 0 Å². The Kier molecular flexibility index (Phi) is 8.45. The van der Waals surface area contributed by atoms with Gasteiger partial charge in [0.15, 0.2) is 0 Å². The van der Waals surface area contributed by atoms with Gasteiger partial charge in [0.05, 0.1) is 44.2 Å². The maximum atomic E-state index is 7.21. The summed E-state index contributed by atoms with van der Waals surface area (Å²) in [6.07, 6.45) is 0. The Morgan fingerprint density at radius 2 is 1.05 bits per heavy atom. The van der Waals surface area contributed by atoms with Gasteiger partial charge in [-0.2, -0.15) is 0 Å². The van der Waals surface area contributed by atoms with Crippen LogP contribution < -0.4 is 21.3 Å². The van der Waals surface area contributed by atoms with Crippen molar-refractivity contribution in [3.05, 3.63) is 128 Å². The van der Waals surface area contributed by atoms with Gasteiger partial charge < -0.3 is 21.3 Å². The number of nitrogens with one attached hydrogen (secondary N) is 4. The molecule has 0 aliphatic carbocycles. The molecular weight excluding hydrogens is 647 g/mol. The molecular formula is C30H22Br2Cl2N4. The smallest absolute Gasteiger partial charge is 0.0918 e. The van der Waals surface area contributed by atoms with E-state index >= 15 is 0 Å². The van der Waals surface area contributed by atoms with Gasteiger partial charge in [0, 0.05) is 20.3 Å². The fraction of sp³-hybridized carbons (Fsp3) is 0. The van der Waals surface area contributed by atoms with Crippen molar-refractivity contribution in [3.8, 4) is 0 Å². The third-order valence-corrected chi connectivity index (χ3v) is 7.64. The summed E-state index contributed by atoms with van der Waals surface area (Å²) in [7, 11) is 0. The molecule has 4 nitrogen and oxygen atoms in total. The molecule has 0 fully saturated rings. The molecule has 0 aliphatic heterocycles. The molecule has 0 amide bonds. The van der Waals surface area contributed by atoms with Gasteiger partial charge in [-0.3, -0.25) is 0 Å². The highest BCUT2D eigenvalue weighted by Crippen LogP contribution is 2.47. The molecule has 8 heteroatoms. The van der Waals surface area contributed by atoms with E-state index in [0.717, 1.165) is 43.1 Å². The van der Waals surface area contributed by atoms with Crippen molar-refractivity contribution in [1.29, 1.82) is 0 Å². The Hall–Kier alpha value is -3.16. The minimum Gasteiger partial charge on any atom is -0.354 e. The first-order valence-electron chi connectivity index (χ1n) is 11.7. The number of hydrogen-bond acceptors (Lipinski definition) is 4. The van der Waals surface area contributed by atoms with Gasteiger partial charge in [-0.15, -0.1) is 0 Å². The van der Waals surface area contributed by atoms with Gasteiger partial charge in [0.25, 0.3) is 0 Å². The summed E-state index contributed by atoms with van der Waals surface area (Å²) in [6, 6.07) is 35.4. The molecule has 0 bridgehead atoms. The second kappa shape index (κ2) is 12.1. The molecule has 0 saturated carbocycles. The molecule has 5 rings (SSSR count). The summed E-state index contributed by atoms with van der Waals surface area (Å²) in [6.45, 7) is 0. The standard InChI is InChI=1S/C30H22Br2Cl2N4/c31-19-14-16-21(17-15-19)36-29-27(37-25-13-7-5-11-23(25)33)18-26(35-20-8-2-1-3-9-20)30(28(29)34)38-24-12-6-4-10-22(24)32/h1-18,35-38H. The maximum absolute atomic E-state index is 7.21. The molecule has 0 heterocycles. The summed E-state index contributed by atoms with van der Waals surface area (Å²) in [5, 5.41) is 15.1. The summed E-state index contributed by atoms with van der Waals surface area (Å²) in [5.74, 6) is 0. The predicted molar refractivity (Wildman–Crippen MR) is 171 cm³/mol. The molecule has 5 aromatic rings. The van der Waals surface area contributed by atoms with Crippen molar-refractivity contribution in [1.82, 2.24) is 0 Å². The predicted octanol–water partition coefficient (Wildman–Crippen LogP) is 11.5. The molecule has 0 saturated heterocycles. The van der Waals surface area contributed by atoms with Crippen LogP contribution in [0.5, 0.6) is 0 Å². The average molecular weight is 669 g/mol. The Bertz CT molecular complexity index is 1560. The van der Waals surface area contributed by atoms with Crippen LogP contribution in [-0.4, -0.2) is 0 Å². The zero-order chi connectivity index (χ0) is 26.5. The maximum Gasteiger partial charge on any atom is 0.0918 e. The van der Waals surface area contributed by atoms with Crippen LogP contribution in [0.25, 0.3) is 0 Å². The minimum atomic E-state index is 0.499. The molecule has 0 atom stereocenters. The molecule has 0 aromatic heterocycles. The Morgan fingerprint density at radius 1 is 0.474 bits per heavy atom. The van der Waals surface area contributed by atoms with E-state index in [2.05, 4.69) is 53.1 Å². The van der Waals surface area contributed by atoms with E-state index in [1.165, 1.54) is 0 Å². The molecule has 5 aromatic carbocycles. The third-order valence-electron chi connectivity index (χ3n) is 5.71. The quantitative estimate of drug-likeness (QED) is 0.133. The molecule has 38 heavy (non-hydrogen) atoms. The lowest BCUT2D eigenvalue weighted by Gasteiger charge is -2.23. The molecule has 190 valence electrons. The zero-order valence-electron chi connectivity index (χ0n) is 19.9. The average Bonchev–Trinajstić information content (AvgIpc) is 2.92. The number of benzene rings is 5. The summed E-state index contributed by atoms with van der Waals surface area (Å²) in [5.41, 5.74) is 6.40. The van der Waals surface area contributed by atoms with Crippen LogP contribution in [0.4, 0.5) is 45.5 Å². The number of para-hydroxylation sites is 3. The van der Waals surface area contributed by atoms with E-state index in [1.54, 1.807) is 0 Å². The van der Waals surface area contributed by atoms with Gasteiger partial charge in [-0.05, 0) is 82.7 Å². The topological polar surface area (TPSA) is 48.1 Å². The fourth-order valence-corrected chi connectivity index (χ4v) is 4.98. The summed E-state index contributed by atoms with van der Waals surface area (Å²) in [4.78, 5) is 0. The zero-order valence-corrected chi connectivity index (χ0v) is 24.6. The first-order valence-corrected chi connectivity index (χ1v) is 14.1. The number of rotatable bonds is 8. The van der Waals surface area contributed by atoms with Crippen LogP contribution in [0.3, 0.4) is 0 Å². The number of anilines is 8. The van der Waals surface area contributed by atoms with E-state index in [9.17, 15) is 0 Å². The normalized spacial score (nSPS) is 10.6. The van der Waals surface area contributed by atoms with Gasteiger partial charge in [-0.25, -0.2) is 0 Å². The second-order valence-corrected chi connectivity index (χ2v) is 10.9. The van der Waals surface area contributed by atoms with E-state index in [0.29, 0.717) is 21.4 Å². The van der Waals surface area contributed by atoms with Crippen molar-refractivity contribution < 1.29 is 0 Å². The lowest BCUT2D eigenvalue weighted by molar-refractivity contribution is 1.45. The first kappa shape index (κ1) is 26.4. The van der Waals surface area contributed by atoms with Crippen LogP contribution in [-0.2, 0) is 0 Å². The minimum absolute atomic E-state index is 0.499. The van der Waals surface area contributed by atoms with Gasteiger partial charge in [-0.1, -0.05) is 81.6 Å². The van der Waals surface area contributed by atoms with E-state index in [-0.39, 0.29) is 0 Å². The summed E-state index contributed by atoms with van der Waals surface area (Å²) < 4.78 is 1.91. The van der Waals surface area contributed by atoms with E-state index in [1.807, 2.05) is 109 Å². The lowest BCUT2D eigenvalue weighted by atomic mass is 10.1. The van der Waals surface area contributed by atoms with Crippen molar-refractivity contribution in [3.63, 3.8) is 0 Å². The van der Waals surface area contributed by atoms with Crippen LogP contribution in [0.2, 0.25) is 10.0 Å². The SMILES string of the molecule is Clc1ccccc1Nc1cc(Nc2ccccc2)c(Nc2ccccc2Br)c(Cl)c1Nc1ccc(Br)cc1. The van der Waals surface area contributed by atoms with Gasteiger partial charge in [0.1, 0.15) is 0 Å². The van der Waals surface area contributed by atoms with Crippen LogP contribution >= 0.6 is 55.1 Å². The lowest BCUT2D eigenvalue weighted by Crippen LogP contribution is -2.05. The second-order valence-electron chi connectivity index (χ2n) is 8.37. The number of hydrogen-bond donors (Lipinski definition) is 4. The fourth-order valence-electron chi connectivity index (χ4n) is 3.85. The number of halogens is 4. The highest BCUT2D eigenvalue weighted by molar-refractivity contribution is 9.10. The third kappa shape index (κ3) is 6.27.